The number of ether oxygens (including phenoxy) is 1. The Morgan fingerprint density at radius 1 is 0.977 bits per heavy atom. The molecule has 3 aromatic carbocycles. The Morgan fingerprint density at radius 2 is 1.60 bits per heavy atom. The number of amides is 2. The van der Waals surface area contributed by atoms with Crippen LogP contribution >= 0.6 is 23.4 Å². The van der Waals surface area contributed by atoms with E-state index in [0.29, 0.717) is 23.8 Å². The minimum Gasteiger partial charge on any atom is -0.492 e. The predicted molar refractivity (Wildman–Crippen MR) is 174 cm³/mol. The van der Waals surface area contributed by atoms with E-state index in [-0.39, 0.29) is 23.0 Å². The number of nitrogens with zero attached hydrogens (tertiary/aromatic N) is 2. The maximum absolute atomic E-state index is 14.3. The third-order valence-electron chi connectivity index (χ3n) is 6.51. The van der Waals surface area contributed by atoms with Crippen molar-refractivity contribution in [3.8, 4) is 5.75 Å². The highest BCUT2D eigenvalue weighted by Crippen LogP contribution is 2.33. The molecule has 0 aliphatic rings. The number of carbonyl (C=O) groups is 2. The molecule has 232 valence electrons. The first-order valence-corrected chi connectivity index (χ1v) is 17.1. The molecule has 3 rings (SSSR count). The summed E-state index contributed by atoms with van der Waals surface area (Å²) in [4.78, 5) is 30.1. The molecule has 0 radical (unpaired) electrons. The van der Waals surface area contributed by atoms with Gasteiger partial charge in [-0.1, -0.05) is 42.8 Å². The Kier molecular flexibility index (Phi) is 12.0. The van der Waals surface area contributed by atoms with Crippen LogP contribution in [0.1, 0.15) is 46.6 Å². The zero-order chi connectivity index (χ0) is 31.8. The van der Waals surface area contributed by atoms with Gasteiger partial charge in [-0.2, -0.15) is 0 Å². The van der Waals surface area contributed by atoms with Crippen molar-refractivity contribution >= 4 is 50.9 Å². The maximum Gasteiger partial charge on any atom is 0.264 e. The summed E-state index contributed by atoms with van der Waals surface area (Å²) >= 11 is 7.59. The van der Waals surface area contributed by atoms with E-state index in [1.807, 2.05) is 34.0 Å². The summed E-state index contributed by atoms with van der Waals surface area (Å²) in [5.41, 5.74) is 0.440. The van der Waals surface area contributed by atoms with Gasteiger partial charge >= 0.3 is 0 Å². The SMILES string of the molecule is CCOc1ccccc1N(CC(=O)N(Cc1ccc(Cl)cc1)C(CC)C(=O)NC(C)(C)C)S(=O)(=O)c1ccc(SC)cc1. The fourth-order valence-electron chi connectivity index (χ4n) is 4.49. The maximum atomic E-state index is 14.3. The van der Waals surface area contributed by atoms with Crippen molar-refractivity contribution < 1.29 is 22.7 Å². The van der Waals surface area contributed by atoms with Crippen LogP contribution in [0.25, 0.3) is 0 Å². The Bertz CT molecular complexity index is 1490. The molecule has 8 nitrogen and oxygen atoms in total. The second-order valence-corrected chi connectivity index (χ2v) is 14.1. The lowest BCUT2D eigenvalue weighted by Gasteiger charge is -2.35. The summed E-state index contributed by atoms with van der Waals surface area (Å²) in [5, 5.41) is 3.51. The van der Waals surface area contributed by atoms with Crippen LogP contribution in [-0.2, 0) is 26.2 Å². The lowest BCUT2D eigenvalue weighted by Crippen LogP contribution is -2.55. The zero-order valence-electron chi connectivity index (χ0n) is 25.5. The fourth-order valence-corrected chi connectivity index (χ4v) is 6.45. The summed E-state index contributed by atoms with van der Waals surface area (Å²) in [6, 6.07) is 19.3. The minimum absolute atomic E-state index is 0.0335. The van der Waals surface area contributed by atoms with Gasteiger partial charge in [0.05, 0.1) is 17.2 Å². The number of rotatable bonds is 13. The van der Waals surface area contributed by atoms with Gasteiger partial charge in [-0.15, -0.1) is 11.8 Å². The second kappa shape index (κ2) is 15.0. The van der Waals surface area contributed by atoms with Crippen LogP contribution in [0.2, 0.25) is 5.02 Å². The number of hydrogen-bond donors (Lipinski definition) is 1. The molecule has 0 aliphatic heterocycles. The third-order valence-corrected chi connectivity index (χ3v) is 9.28. The second-order valence-electron chi connectivity index (χ2n) is 10.9. The summed E-state index contributed by atoms with van der Waals surface area (Å²) in [5.74, 6) is -0.542. The number of para-hydroxylation sites is 2. The van der Waals surface area contributed by atoms with E-state index in [9.17, 15) is 18.0 Å². The van der Waals surface area contributed by atoms with Gasteiger partial charge in [-0.25, -0.2) is 8.42 Å². The summed E-state index contributed by atoms with van der Waals surface area (Å²) < 4.78 is 35.3. The molecule has 11 heteroatoms. The molecule has 0 aliphatic carbocycles. The minimum atomic E-state index is -4.23. The predicted octanol–water partition coefficient (Wildman–Crippen LogP) is 6.38. The highest BCUT2D eigenvalue weighted by molar-refractivity contribution is 7.98. The quantitative estimate of drug-likeness (QED) is 0.217. The molecule has 0 spiro atoms. The molecule has 0 bridgehead atoms. The molecule has 2 amide bonds. The van der Waals surface area contributed by atoms with Gasteiger partial charge in [0.2, 0.25) is 11.8 Å². The normalized spacial score (nSPS) is 12.3. The highest BCUT2D eigenvalue weighted by Gasteiger charge is 2.35. The molecule has 43 heavy (non-hydrogen) atoms. The summed E-state index contributed by atoms with van der Waals surface area (Å²) in [6.45, 7) is 9.05. The van der Waals surface area contributed by atoms with Gasteiger partial charge in [0.1, 0.15) is 18.3 Å². The van der Waals surface area contributed by atoms with E-state index in [1.165, 1.54) is 28.8 Å². The molecule has 0 saturated heterocycles. The van der Waals surface area contributed by atoms with E-state index in [2.05, 4.69) is 5.32 Å². The van der Waals surface area contributed by atoms with Crippen molar-refractivity contribution in [2.24, 2.45) is 0 Å². The van der Waals surface area contributed by atoms with E-state index in [1.54, 1.807) is 67.6 Å². The number of thioether (sulfide) groups is 1. The van der Waals surface area contributed by atoms with Crippen LogP contribution < -0.4 is 14.4 Å². The number of nitrogens with one attached hydrogen (secondary N) is 1. The van der Waals surface area contributed by atoms with Crippen molar-refractivity contribution in [1.29, 1.82) is 0 Å². The van der Waals surface area contributed by atoms with Crippen LogP contribution in [0.5, 0.6) is 5.75 Å². The van der Waals surface area contributed by atoms with Crippen LogP contribution in [0, 0.1) is 0 Å². The standard InChI is InChI=1S/C32H40ClN3O5S2/c1-7-27(31(38)34-32(3,4)5)35(21-23-13-15-24(33)16-14-23)30(37)22-36(28-11-9-10-12-29(28)41-8-2)43(39,40)26-19-17-25(42-6)18-20-26/h9-20,27H,7-8,21-22H2,1-6H3,(H,34,38). The first kappa shape index (κ1) is 34.3. The van der Waals surface area contributed by atoms with Gasteiger partial charge in [0.15, 0.2) is 0 Å². The van der Waals surface area contributed by atoms with Crippen molar-refractivity contribution in [2.75, 3.05) is 23.7 Å². The molecule has 3 aromatic rings. The smallest absolute Gasteiger partial charge is 0.264 e. The number of anilines is 1. The monoisotopic (exact) mass is 645 g/mol. The van der Waals surface area contributed by atoms with Gasteiger partial charge < -0.3 is 15.0 Å². The van der Waals surface area contributed by atoms with Gasteiger partial charge in [0.25, 0.3) is 10.0 Å². The van der Waals surface area contributed by atoms with Gasteiger partial charge in [0, 0.05) is 22.0 Å². The largest absolute Gasteiger partial charge is 0.492 e. The fraction of sp³-hybridized carbons (Fsp3) is 0.375. The number of hydrogen-bond acceptors (Lipinski definition) is 6. The first-order valence-electron chi connectivity index (χ1n) is 14.0. The summed E-state index contributed by atoms with van der Waals surface area (Å²) in [6.07, 6.45) is 2.22. The van der Waals surface area contributed by atoms with E-state index < -0.39 is 34.1 Å². The Labute approximate surface area is 264 Å². The molecule has 0 aromatic heterocycles. The molecular formula is C32H40ClN3O5S2. The lowest BCUT2D eigenvalue weighted by molar-refractivity contribution is -0.141. The number of halogens is 1. The Hall–Kier alpha value is -3.21. The van der Waals surface area contributed by atoms with Crippen LogP contribution in [0.3, 0.4) is 0 Å². The number of benzene rings is 3. The molecule has 1 N–H and O–H groups in total. The number of carbonyl (C=O) groups excluding carboxylic acids is 2. The molecular weight excluding hydrogens is 606 g/mol. The molecule has 1 unspecified atom stereocenters. The molecule has 1 atom stereocenters. The Balaban J connectivity index is 2.12. The van der Waals surface area contributed by atoms with Crippen molar-refractivity contribution in [1.82, 2.24) is 10.2 Å². The van der Waals surface area contributed by atoms with Crippen molar-refractivity contribution in [3.05, 3.63) is 83.4 Å². The van der Waals surface area contributed by atoms with Crippen LogP contribution in [0.15, 0.2) is 82.6 Å². The van der Waals surface area contributed by atoms with Gasteiger partial charge in [-0.3, -0.25) is 13.9 Å². The van der Waals surface area contributed by atoms with Crippen molar-refractivity contribution in [2.45, 2.75) is 69.0 Å². The third kappa shape index (κ3) is 9.14. The molecule has 0 heterocycles. The average Bonchev–Trinajstić information content (AvgIpc) is 2.96. The lowest BCUT2D eigenvalue weighted by atomic mass is 10.1. The van der Waals surface area contributed by atoms with Crippen molar-refractivity contribution in [3.63, 3.8) is 0 Å². The average molecular weight is 646 g/mol. The molecule has 0 fully saturated rings. The first-order chi connectivity index (χ1) is 20.3. The Morgan fingerprint density at radius 3 is 2.16 bits per heavy atom. The number of sulfonamides is 1. The zero-order valence-corrected chi connectivity index (χ0v) is 27.9. The van der Waals surface area contributed by atoms with Gasteiger partial charge in [-0.05, 0) is 94.5 Å². The van der Waals surface area contributed by atoms with E-state index >= 15 is 0 Å². The summed E-state index contributed by atoms with van der Waals surface area (Å²) in [7, 11) is -4.23. The topological polar surface area (TPSA) is 96.0 Å². The van der Waals surface area contributed by atoms with Crippen LogP contribution in [-0.4, -0.2) is 56.1 Å². The van der Waals surface area contributed by atoms with E-state index in [0.717, 1.165) is 14.8 Å². The highest BCUT2D eigenvalue weighted by atomic mass is 35.5. The molecule has 0 saturated carbocycles. The van der Waals surface area contributed by atoms with E-state index in [4.69, 9.17) is 16.3 Å². The van der Waals surface area contributed by atoms with Crippen LogP contribution in [0.4, 0.5) is 5.69 Å².